The van der Waals surface area contributed by atoms with Gasteiger partial charge in [0, 0.05) is 6.92 Å². The Hall–Kier alpha value is -0.790. The van der Waals surface area contributed by atoms with Crippen LogP contribution in [0.3, 0.4) is 0 Å². The zero-order chi connectivity index (χ0) is 10.7. The average Bonchev–Trinajstić information content (AvgIpc) is 2.01. The molecular formula is C12H20O2. The summed E-state index contributed by atoms with van der Waals surface area (Å²) < 4.78 is 5.34. The third-order valence-electron chi connectivity index (χ3n) is 2.86. The van der Waals surface area contributed by atoms with Crippen LogP contribution in [0, 0.1) is 5.92 Å². The van der Waals surface area contributed by atoms with Crippen LogP contribution in [0.1, 0.15) is 47.0 Å². The smallest absolute Gasteiger partial charge is 0.303 e. The predicted molar refractivity (Wildman–Crippen MR) is 56.9 cm³/mol. The Balaban J connectivity index is 2.74. The lowest BCUT2D eigenvalue weighted by Gasteiger charge is -2.30. The van der Waals surface area contributed by atoms with Gasteiger partial charge in [-0.15, -0.1) is 0 Å². The van der Waals surface area contributed by atoms with Gasteiger partial charge in [-0.2, -0.15) is 0 Å². The van der Waals surface area contributed by atoms with Gasteiger partial charge in [-0.3, -0.25) is 4.79 Å². The van der Waals surface area contributed by atoms with Gasteiger partial charge >= 0.3 is 5.97 Å². The van der Waals surface area contributed by atoms with Crippen molar-refractivity contribution in [2.24, 2.45) is 5.92 Å². The molecule has 1 rings (SSSR count). The molecule has 2 nitrogen and oxygen atoms in total. The maximum atomic E-state index is 10.9. The number of ether oxygens (including phenoxy) is 1. The lowest BCUT2D eigenvalue weighted by Crippen LogP contribution is -2.26. The molecule has 0 aromatic carbocycles. The summed E-state index contributed by atoms with van der Waals surface area (Å²) in [5.74, 6) is 0.505. The fraction of sp³-hybridized carbons (Fsp3) is 0.750. The maximum Gasteiger partial charge on any atom is 0.303 e. The molecular weight excluding hydrogens is 176 g/mol. The van der Waals surface area contributed by atoms with Crippen molar-refractivity contribution in [3.05, 3.63) is 11.1 Å². The van der Waals surface area contributed by atoms with Gasteiger partial charge < -0.3 is 4.74 Å². The quantitative estimate of drug-likeness (QED) is 0.476. The average molecular weight is 196 g/mol. The Labute approximate surface area is 86.3 Å². The van der Waals surface area contributed by atoms with Crippen LogP contribution in [0.4, 0.5) is 0 Å². The Morgan fingerprint density at radius 2 is 2.00 bits per heavy atom. The van der Waals surface area contributed by atoms with Crippen LogP contribution in [0.15, 0.2) is 11.1 Å². The summed E-state index contributed by atoms with van der Waals surface area (Å²) in [5.41, 5.74) is 2.64. The van der Waals surface area contributed by atoms with Gasteiger partial charge in [-0.05, 0) is 44.6 Å². The van der Waals surface area contributed by atoms with Crippen molar-refractivity contribution in [1.82, 2.24) is 0 Å². The van der Waals surface area contributed by atoms with Crippen LogP contribution >= 0.6 is 0 Å². The minimum atomic E-state index is -0.164. The number of carbonyl (C=O) groups excluding carboxylic acids is 1. The molecule has 0 aliphatic heterocycles. The molecule has 0 unspecified atom stereocenters. The minimum absolute atomic E-state index is 0.0428. The highest BCUT2D eigenvalue weighted by Crippen LogP contribution is 2.32. The number of hydrogen-bond acceptors (Lipinski definition) is 2. The SMILES string of the molecule is CC(=O)O[C@H]1C[C@H](C)CCC1=C(C)C. The van der Waals surface area contributed by atoms with E-state index in [1.54, 1.807) is 0 Å². The fourth-order valence-electron chi connectivity index (χ4n) is 2.08. The topological polar surface area (TPSA) is 26.3 Å². The van der Waals surface area contributed by atoms with Gasteiger partial charge in [-0.25, -0.2) is 0 Å². The van der Waals surface area contributed by atoms with Gasteiger partial charge in [0.15, 0.2) is 0 Å². The van der Waals surface area contributed by atoms with Crippen LogP contribution in [0.5, 0.6) is 0 Å². The Morgan fingerprint density at radius 3 is 2.50 bits per heavy atom. The molecule has 0 bridgehead atoms. The van der Waals surface area contributed by atoms with E-state index in [0.29, 0.717) is 5.92 Å². The van der Waals surface area contributed by atoms with Crippen LogP contribution in [0.2, 0.25) is 0 Å². The van der Waals surface area contributed by atoms with Crippen molar-refractivity contribution in [1.29, 1.82) is 0 Å². The molecule has 0 radical (unpaired) electrons. The first-order valence-electron chi connectivity index (χ1n) is 5.34. The van der Waals surface area contributed by atoms with E-state index in [9.17, 15) is 4.79 Å². The first-order chi connectivity index (χ1) is 6.50. The van der Waals surface area contributed by atoms with Crippen molar-refractivity contribution < 1.29 is 9.53 Å². The molecule has 1 aliphatic carbocycles. The largest absolute Gasteiger partial charge is 0.458 e. The number of carbonyl (C=O) groups is 1. The Morgan fingerprint density at radius 1 is 1.36 bits per heavy atom. The summed E-state index contributed by atoms with van der Waals surface area (Å²) in [4.78, 5) is 10.9. The van der Waals surface area contributed by atoms with Gasteiger partial charge in [0.2, 0.25) is 0 Å². The van der Waals surface area contributed by atoms with Gasteiger partial charge in [-0.1, -0.05) is 12.5 Å². The predicted octanol–water partition coefficient (Wildman–Crippen LogP) is 3.07. The third kappa shape index (κ3) is 2.86. The van der Waals surface area contributed by atoms with Gasteiger partial charge in [0.1, 0.15) is 6.10 Å². The van der Waals surface area contributed by atoms with Crippen molar-refractivity contribution in [3.63, 3.8) is 0 Å². The van der Waals surface area contributed by atoms with E-state index >= 15 is 0 Å². The normalized spacial score (nSPS) is 27.3. The number of hydrogen-bond donors (Lipinski definition) is 0. The molecule has 0 aromatic heterocycles. The monoisotopic (exact) mass is 196 g/mol. The van der Waals surface area contributed by atoms with Crippen molar-refractivity contribution in [2.45, 2.75) is 53.1 Å². The molecule has 1 fully saturated rings. The summed E-state index contributed by atoms with van der Waals surface area (Å²) in [6.07, 6.45) is 3.33. The fourth-order valence-corrected chi connectivity index (χ4v) is 2.08. The standard InChI is InChI=1S/C12H20O2/c1-8(2)11-6-5-9(3)7-12(11)14-10(4)13/h9,12H,5-7H2,1-4H3/t9-,12+/m1/s1. The number of esters is 1. The summed E-state index contributed by atoms with van der Waals surface area (Å²) in [5, 5.41) is 0. The molecule has 0 saturated heterocycles. The van der Waals surface area contributed by atoms with E-state index in [4.69, 9.17) is 4.74 Å². The van der Waals surface area contributed by atoms with Crippen LogP contribution < -0.4 is 0 Å². The number of allylic oxidation sites excluding steroid dienone is 1. The van der Waals surface area contributed by atoms with Crippen LogP contribution in [-0.4, -0.2) is 12.1 Å². The molecule has 0 spiro atoms. The van der Waals surface area contributed by atoms with Crippen molar-refractivity contribution in [3.8, 4) is 0 Å². The van der Waals surface area contributed by atoms with Gasteiger partial charge in [0.25, 0.3) is 0 Å². The Kier molecular flexibility index (Phi) is 3.73. The van der Waals surface area contributed by atoms with Crippen LogP contribution in [-0.2, 0) is 9.53 Å². The van der Waals surface area contributed by atoms with Crippen molar-refractivity contribution >= 4 is 5.97 Å². The van der Waals surface area contributed by atoms with E-state index in [1.807, 2.05) is 0 Å². The van der Waals surface area contributed by atoms with E-state index in [1.165, 1.54) is 24.5 Å². The lowest BCUT2D eigenvalue weighted by molar-refractivity contribution is -0.145. The molecule has 1 saturated carbocycles. The zero-order valence-electron chi connectivity index (χ0n) is 9.59. The number of rotatable bonds is 1. The highest BCUT2D eigenvalue weighted by atomic mass is 16.5. The van der Waals surface area contributed by atoms with E-state index in [-0.39, 0.29) is 12.1 Å². The molecule has 14 heavy (non-hydrogen) atoms. The molecule has 1 aliphatic rings. The van der Waals surface area contributed by atoms with Crippen LogP contribution in [0.25, 0.3) is 0 Å². The molecule has 2 heteroatoms. The second kappa shape index (κ2) is 4.63. The van der Waals surface area contributed by atoms with E-state index in [0.717, 1.165) is 12.8 Å². The van der Waals surface area contributed by atoms with Crippen molar-refractivity contribution in [2.75, 3.05) is 0 Å². The molecule has 0 N–H and O–H groups in total. The molecule has 2 atom stereocenters. The second-order valence-electron chi connectivity index (χ2n) is 4.50. The summed E-state index contributed by atoms with van der Waals surface area (Å²) in [6, 6.07) is 0. The van der Waals surface area contributed by atoms with E-state index < -0.39 is 0 Å². The second-order valence-corrected chi connectivity index (χ2v) is 4.50. The zero-order valence-corrected chi connectivity index (χ0v) is 9.59. The lowest BCUT2D eigenvalue weighted by atomic mass is 9.83. The summed E-state index contributed by atoms with van der Waals surface area (Å²) >= 11 is 0. The Bertz CT molecular complexity index is 249. The minimum Gasteiger partial charge on any atom is -0.458 e. The highest BCUT2D eigenvalue weighted by molar-refractivity contribution is 5.66. The summed E-state index contributed by atoms with van der Waals surface area (Å²) in [7, 11) is 0. The third-order valence-corrected chi connectivity index (χ3v) is 2.86. The first kappa shape index (κ1) is 11.3. The molecule has 0 aromatic rings. The first-order valence-corrected chi connectivity index (χ1v) is 5.34. The highest BCUT2D eigenvalue weighted by Gasteiger charge is 2.26. The molecule has 80 valence electrons. The van der Waals surface area contributed by atoms with E-state index in [2.05, 4.69) is 20.8 Å². The molecule has 0 heterocycles. The molecule has 0 amide bonds. The van der Waals surface area contributed by atoms with Gasteiger partial charge in [0.05, 0.1) is 0 Å². The summed E-state index contributed by atoms with van der Waals surface area (Å²) in [6.45, 7) is 7.91. The maximum absolute atomic E-state index is 10.9.